The van der Waals surface area contributed by atoms with Crippen LogP contribution in [0.1, 0.15) is 12.0 Å². The number of nitrogens with zero attached hydrogens (tertiary/aromatic N) is 1. The zero-order valence-electron chi connectivity index (χ0n) is 21.7. The molecule has 206 valence electrons. The molecule has 10 nitrogen and oxygen atoms in total. The number of primary amides is 1. The Morgan fingerprint density at radius 1 is 1.13 bits per heavy atom. The predicted octanol–water partition coefficient (Wildman–Crippen LogP) is 2.56. The third kappa shape index (κ3) is 7.07. The van der Waals surface area contributed by atoms with Gasteiger partial charge in [0, 0.05) is 40.6 Å². The number of carbonyl (C=O) groups is 4. The van der Waals surface area contributed by atoms with Crippen molar-refractivity contribution in [2.24, 2.45) is 5.73 Å². The van der Waals surface area contributed by atoms with E-state index in [1.165, 1.54) is 16.7 Å². The number of rotatable bonds is 10. The number of carbonyl (C=O) groups excluding carboxylic acids is 4. The fraction of sp³-hybridized carbons (Fsp3) is 0.333. The molecule has 0 spiro atoms. The van der Waals surface area contributed by atoms with Crippen molar-refractivity contribution in [1.82, 2.24) is 20.5 Å². The number of anilines is 1. The van der Waals surface area contributed by atoms with Gasteiger partial charge in [-0.2, -0.15) is 11.8 Å². The second-order valence-electron chi connectivity index (χ2n) is 9.29. The first-order valence-electron chi connectivity index (χ1n) is 12.4. The Balaban J connectivity index is 1.44. The zero-order valence-corrected chi connectivity index (χ0v) is 23.4. The molecule has 3 aromatic rings. The number of urea groups is 1. The highest BCUT2D eigenvalue weighted by Gasteiger charge is 2.41. The topological polar surface area (TPSA) is 149 Å². The smallest absolute Gasteiger partial charge is 0.319 e. The number of thioether (sulfide) groups is 2. The van der Waals surface area contributed by atoms with Crippen molar-refractivity contribution in [3.8, 4) is 0 Å². The van der Waals surface area contributed by atoms with E-state index in [0.29, 0.717) is 5.69 Å². The van der Waals surface area contributed by atoms with E-state index in [1.54, 1.807) is 30.3 Å². The quantitative estimate of drug-likeness (QED) is 0.237. The Hall–Kier alpha value is -3.64. The van der Waals surface area contributed by atoms with Gasteiger partial charge in [0.25, 0.3) is 0 Å². The largest absolute Gasteiger partial charge is 0.368 e. The molecule has 2 heterocycles. The van der Waals surface area contributed by atoms with Gasteiger partial charge in [-0.1, -0.05) is 24.3 Å². The minimum Gasteiger partial charge on any atom is -0.368 e. The number of aromatic nitrogens is 1. The summed E-state index contributed by atoms with van der Waals surface area (Å²) in [6, 6.07) is 12.4. The molecule has 1 fully saturated rings. The molecular weight excluding hydrogens is 536 g/mol. The van der Waals surface area contributed by atoms with E-state index >= 15 is 0 Å². The highest BCUT2D eigenvalue weighted by Crippen LogP contribution is 2.23. The number of nitrogens with two attached hydrogens (primary N) is 1. The lowest BCUT2D eigenvalue weighted by atomic mass is 10.0. The first-order chi connectivity index (χ1) is 18.8. The maximum atomic E-state index is 13.4. The van der Waals surface area contributed by atoms with Gasteiger partial charge in [-0.3, -0.25) is 14.4 Å². The van der Waals surface area contributed by atoms with Crippen LogP contribution in [0.4, 0.5) is 10.5 Å². The van der Waals surface area contributed by atoms with Gasteiger partial charge >= 0.3 is 6.03 Å². The van der Waals surface area contributed by atoms with Crippen LogP contribution in [0.25, 0.3) is 10.9 Å². The molecule has 1 aromatic heterocycles. The minimum atomic E-state index is -0.965. The lowest BCUT2D eigenvalue weighted by Gasteiger charge is -2.25. The lowest BCUT2D eigenvalue weighted by Crippen LogP contribution is -2.53. The number of fused-ring (bicyclic) bond motifs is 1. The number of likely N-dealkylation sites (tertiary alicyclic amines) is 1. The van der Waals surface area contributed by atoms with E-state index in [4.69, 9.17) is 5.73 Å². The van der Waals surface area contributed by atoms with Gasteiger partial charge in [0.2, 0.25) is 17.7 Å². The van der Waals surface area contributed by atoms with Crippen LogP contribution in [-0.4, -0.2) is 76.6 Å². The van der Waals surface area contributed by atoms with Crippen molar-refractivity contribution in [1.29, 1.82) is 0 Å². The molecule has 0 aliphatic carbocycles. The molecule has 4 rings (SSSR count). The molecule has 1 aliphatic rings. The van der Waals surface area contributed by atoms with E-state index in [0.717, 1.165) is 21.4 Å². The Kier molecular flexibility index (Phi) is 9.41. The second-order valence-corrected chi connectivity index (χ2v) is 11.0. The minimum absolute atomic E-state index is 0.180. The summed E-state index contributed by atoms with van der Waals surface area (Å²) in [6.45, 7) is 0.180. The van der Waals surface area contributed by atoms with Crippen molar-refractivity contribution in [2.45, 2.75) is 35.9 Å². The number of hydrogen-bond donors (Lipinski definition) is 5. The number of aromatic amines is 1. The van der Waals surface area contributed by atoms with Crippen LogP contribution in [0, 0.1) is 0 Å². The highest BCUT2D eigenvalue weighted by atomic mass is 32.2. The average molecular weight is 569 g/mol. The molecule has 2 aromatic carbocycles. The molecule has 6 N–H and O–H groups in total. The molecule has 1 aliphatic heterocycles. The summed E-state index contributed by atoms with van der Waals surface area (Å²) in [4.78, 5) is 56.9. The van der Waals surface area contributed by atoms with Crippen molar-refractivity contribution in [3.05, 3.63) is 60.3 Å². The van der Waals surface area contributed by atoms with Gasteiger partial charge in [-0.15, -0.1) is 11.8 Å². The molecule has 0 radical (unpaired) electrons. The first kappa shape index (κ1) is 28.4. The van der Waals surface area contributed by atoms with Crippen LogP contribution in [0.5, 0.6) is 0 Å². The van der Waals surface area contributed by atoms with E-state index in [2.05, 4.69) is 20.9 Å². The van der Waals surface area contributed by atoms with Crippen molar-refractivity contribution < 1.29 is 19.2 Å². The maximum Gasteiger partial charge on any atom is 0.319 e. The van der Waals surface area contributed by atoms with Crippen molar-refractivity contribution in [2.75, 3.05) is 30.1 Å². The second kappa shape index (κ2) is 12.9. The lowest BCUT2D eigenvalue weighted by molar-refractivity contribution is -0.137. The van der Waals surface area contributed by atoms with Gasteiger partial charge in [0.1, 0.15) is 12.1 Å². The normalized spacial score (nSPS) is 17.5. The Morgan fingerprint density at radius 2 is 1.92 bits per heavy atom. The SMILES string of the molecule is CSCC(=O)N1C[C@@H](NC(=O)Nc2cccc(SC)c2)C[C@H]1C(=O)N[C@H](Cc1c[nH]c2ccccc12)C(N)=O. The molecule has 0 saturated carbocycles. The van der Waals surface area contributed by atoms with Gasteiger partial charge in [-0.25, -0.2) is 4.79 Å². The Bertz CT molecular complexity index is 1360. The number of H-pyrrole nitrogens is 1. The Labute approximate surface area is 235 Å². The molecule has 3 atom stereocenters. The standard InChI is InChI=1S/C27H32N6O4S2/c1-38-15-24(34)33-14-18(31-27(37)30-17-6-5-7-19(11-17)39-2)12-23(33)26(36)32-22(25(28)35)10-16-13-29-21-9-4-3-8-20(16)21/h3-9,11,13,18,22-23,29H,10,12,14-15H2,1-2H3,(H2,28,35)(H,32,36)(H2,30,31,37)/t18-,22+,23-/m0/s1. The average Bonchev–Trinajstić information content (AvgIpc) is 3.53. The summed E-state index contributed by atoms with van der Waals surface area (Å²) in [6.07, 6.45) is 5.97. The predicted molar refractivity (Wildman–Crippen MR) is 156 cm³/mol. The van der Waals surface area contributed by atoms with E-state index in [-0.39, 0.29) is 31.0 Å². The van der Waals surface area contributed by atoms with Gasteiger partial charge in [-0.05, 0) is 48.8 Å². The van der Waals surface area contributed by atoms with Crippen LogP contribution in [0.3, 0.4) is 0 Å². The van der Waals surface area contributed by atoms with Gasteiger partial charge < -0.3 is 31.6 Å². The molecular formula is C27H32N6O4S2. The summed E-state index contributed by atoms with van der Waals surface area (Å²) in [5, 5.41) is 9.38. The number of hydrogen-bond acceptors (Lipinski definition) is 6. The molecule has 0 bridgehead atoms. The van der Waals surface area contributed by atoms with Crippen LogP contribution in [0.2, 0.25) is 0 Å². The van der Waals surface area contributed by atoms with Gasteiger partial charge in [0.15, 0.2) is 0 Å². The molecule has 5 amide bonds. The fourth-order valence-electron chi connectivity index (χ4n) is 4.74. The van der Waals surface area contributed by atoms with Crippen LogP contribution in [0.15, 0.2) is 59.6 Å². The van der Waals surface area contributed by atoms with Crippen LogP contribution >= 0.6 is 23.5 Å². The van der Waals surface area contributed by atoms with E-state index < -0.39 is 36.0 Å². The summed E-state index contributed by atoms with van der Waals surface area (Å²) < 4.78 is 0. The summed E-state index contributed by atoms with van der Waals surface area (Å²) >= 11 is 2.92. The molecule has 0 unspecified atom stereocenters. The van der Waals surface area contributed by atoms with Crippen molar-refractivity contribution in [3.63, 3.8) is 0 Å². The monoisotopic (exact) mass is 568 g/mol. The maximum absolute atomic E-state index is 13.4. The number of para-hydroxylation sites is 1. The molecule has 1 saturated heterocycles. The Morgan fingerprint density at radius 3 is 2.67 bits per heavy atom. The summed E-state index contributed by atoms with van der Waals surface area (Å²) in [5.74, 6) is -1.17. The summed E-state index contributed by atoms with van der Waals surface area (Å²) in [5.41, 5.74) is 8.06. The van der Waals surface area contributed by atoms with E-state index in [9.17, 15) is 19.2 Å². The zero-order chi connectivity index (χ0) is 27.9. The third-order valence-electron chi connectivity index (χ3n) is 6.61. The highest BCUT2D eigenvalue weighted by molar-refractivity contribution is 7.99. The van der Waals surface area contributed by atoms with E-state index in [1.807, 2.05) is 48.7 Å². The fourth-order valence-corrected chi connectivity index (χ4v) is 5.61. The molecule has 39 heavy (non-hydrogen) atoms. The number of nitrogens with one attached hydrogen (secondary N) is 4. The van der Waals surface area contributed by atoms with Crippen molar-refractivity contribution >= 4 is 63.9 Å². The van der Waals surface area contributed by atoms with Crippen LogP contribution < -0.4 is 21.7 Å². The van der Waals surface area contributed by atoms with Gasteiger partial charge in [0.05, 0.1) is 11.8 Å². The van der Waals surface area contributed by atoms with Crippen LogP contribution in [-0.2, 0) is 20.8 Å². The molecule has 12 heteroatoms. The number of benzene rings is 2. The number of amides is 5. The summed E-state index contributed by atoms with van der Waals surface area (Å²) in [7, 11) is 0. The third-order valence-corrected chi connectivity index (χ3v) is 7.87. The first-order valence-corrected chi connectivity index (χ1v) is 15.1.